The number of carbonyl (C=O) groups is 8. The van der Waals surface area contributed by atoms with Gasteiger partial charge in [0.2, 0.25) is 23.6 Å². The first-order chi connectivity index (χ1) is 64.0. The lowest BCUT2D eigenvalue weighted by Gasteiger charge is -2.18. The molecule has 37 heteroatoms. The fourth-order valence-corrected chi connectivity index (χ4v) is 14.3. The van der Waals surface area contributed by atoms with Gasteiger partial charge in [-0.2, -0.15) is 0 Å². The van der Waals surface area contributed by atoms with Gasteiger partial charge in [0.25, 0.3) is 0 Å². The van der Waals surface area contributed by atoms with E-state index in [9.17, 15) is 69.1 Å². The van der Waals surface area contributed by atoms with Crippen molar-refractivity contribution in [2.75, 3.05) is 63.8 Å². The van der Waals surface area contributed by atoms with Gasteiger partial charge in [-0.3, -0.25) is 19.2 Å². The second-order valence-corrected chi connectivity index (χ2v) is 38.2. The molecular formula is C97H94ClF7N16O12Si. The van der Waals surface area contributed by atoms with Gasteiger partial charge in [0.15, 0.2) is 0 Å². The van der Waals surface area contributed by atoms with Crippen molar-refractivity contribution in [1.29, 1.82) is 0 Å². The highest BCUT2D eigenvalue weighted by molar-refractivity contribution is 6.88. The SMILES string of the molecule is CC(=O)Nc1cc(COc2ccc(NC(=O)Nc3cc(C4(C)CC4)ccc3F)c(F)c2)ccn1.CC(=O)Nc1cc(COc2ccc(NC(=O)Nc3cc(C4CC4)ccc3Cl)c(F)c2)ccn1.CC(=O)Nc1cc(COc2ccc(NC(=O)Nc3cc(C4CC4)ccc3F)c(F)c2)ccn1.CC(=O)Nc1cc(COc2ccc(NC(=O)Nc3cc([Si](C)(C)C)ccc3F)c(F)c2)ccn1. The van der Waals surface area contributed by atoms with Gasteiger partial charge in [-0.25, -0.2) is 69.8 Å². The van der Waals surface area contributed by atoms with Crippen LogP contribution in [0.3, 0.4) is 0 Å². The summed E-state index contributed by atoms with van der Waals surface area (Å²) < 4.78 is 123. The molecule has 12 N–H and O–H groups in total. The van der Waals surface area contributed by atoms with Gasteiger partial charge < -0.3 is 82.7 Å². The lowest BCUT2D eigenvalue weighted by Crippen LogP contribution is -2.38. The second-order valence-electron chi connectivity index (χ2n) is 32.7. The number of nitrogens with zero attached hydrogens (tertiary/aromatic N) is 4. The highest BCUT2D eigenvalue weighted by Gasteiger charge is 2.39. The van der Waals surface area contributed by atoms with Crippen LogP contribution >= 0.6 is 11.6 Å². The fourth-order valence-electron chi connectivity index (χ4n) is 12.9. The summed E-state index contributed by atoms with van der Waals surface area (Å²) in [4.78, 5) is 110. The Bertz CT molecular complexity index is 6000. The van der Waals surface area contributed by atoms with Crippen LogP contribution in [0.4, 0.5) is 119 Å². The summed E-state index contributed by atoms with van der Waals surface area (Å²) >= 11 is 6.18. The summed E-state index contributed by atoms with van der Waals surface area (Å²) in [5.74, 6) is -1.90. The predicted octanol–water partition coefficient (Wildman–Crippen LogP) is 22.0. The van der Waals surface area contributed by atoms with Crippen molar-refractivity contribution in [2.45, 2.75) is 136 Å². The van der Waals surface area contributed by atoms with E-state index in [-0.39, 0.29) is 118 Å². The van der Waals surface area contributed by atoms with E-state index in [0.29, 0.717) is 45.8 Å². The fraction of sp³-hybridized carbons (Fsp3) is 0.216. The summed E-state index contributed by atoms with van der Waals surface area (Å²) in [5.41, 5.74) is 6.38. The van der Waals surface area contributed by atoms with Crippen LogP contribution in [0.1, 0.15) is 124 Å². The third kappa shape index (κ3) is 30.0. The Morgan fingerprint density at radius 1 is 0.328 bits per heavy atom. The van der Waals surface area contributed by atoms with Gasteiger partial charge in [-0.05, 0) is 240 Å². The zero-order valence-electron chi connectivity index (χ0n) is 73.7. The average Bonchev–Trinajstić information content (AvgIpc) is 1.63. The van der Waals surface area contributed by atoms with E-state index in [1.807, 2.05) is 12.1 Å². The molecule has 3 aliphatic rings. The number of halogens is 8. The molecule has 12 aromatic rings. The van der Waals surface area contributed by atoms with E-state index in [1.165, 1.54) is 113 Å². The standard InChI is InChI=1S/C25H24F2N4O3.C24H22ClFN4O3.C24H26F2N4O3Si.C24H22F2N4O3/c1-15(32)29-23-11-16(7-10-28-23)14-34-18-4-6-21(20(27)13-18)30-24(33)31-22-12-17(3-5-19(22)26)25(2)8-9-25;1-14(31)28-23-10-15(8-9-27-23)13-33-18-5-7-21(20(26)12-18)29-24(32)30-22-11-17(16-2-3-16)4-6-19(22)25;1-15(31)28-23-11-16(9-10-27-23)14-33-17-5-8-21(20(26)12-17)29-24(32)30-22-13-18(34(2,3)4)6-7-19(22)25;1-14(31)28-23-10-15(8-9-27-23)13-33-18-5-7-21(20(26)12-18)29-24(32)30-22-11-17(16-2-3-16)4-6-19(22)25/h3-7,10-13H,8-9,14H2,1-2H3,(H,28,29,32)(H2,30,31,33);4-12,16H,2-3,13H2,1H3,(H,27,28,31)(H2,29,30,32);5-13H,14H2,1-4H3,(H,27,28,31)(H2,29,30,32);4-12,16H,2-3,13H2,1H3,(H,27,28,31)(H2,29,30,32). The number of anilines is 12. The Kier molecular flexibility index (Phi) is 32.7. The largest absolute Gasteiger partial charge is 0.489 e. The number of urea groups is 4. The number of pyridine rings is 4. The van der Waals surface area contributed by atoms with Crippen molar-refractivity contribution in [3.05, 3.63) is 304 Å². The highest BCUT2D eigenvalue weighted by Crippen LogP contribution is 2.49. The third-order valence-corrected chi connectivity index (χ3v) is 22.8. The molecule has 0 atom stereocenters. The number of hydrogen-bond acceptors (Lipinski definition) is 16. The molecule has 0 bridgehead atoms. The molecule has 12 amide bonds. The quantitative estimate of drug-likeness (QED) is 0.0160. The molecule has 0 radical (unpaired) electrons. The van der Waals surface area contributed by atoms with Crippen LogP contribution in [-0.4, -0.2) is 75.8 Å². The number of benzene rings is 8. The Labute approximate surface area is 772 Å². The zero-order valence-corrected chi connectivity index (χ0v) is 75.5. The molecule has 0 aliphatic heterocycles. The summed E-state index contributed by atoms with van der Waals surface area (Å²) in [5, 5.41) is 31.4. The Morgan fingerprint density at radius 2 is 0.612 bits per heavy atom. The highest BCUT2D eigenvalue weighted by atomic mass is 35.5. The van der Waals surface area contributed by atoms with Crippen molar-refractivity contribution < 1.29 is 88.0 Å². The zero-order chi connectivity index (χ0) is 95.9. The first-order valence-corrected chi connectivity index (χ1v) is 46.0. The molecule has 694 valence electrons. The molecule has 8 aromatic carbocycles. The Balaban J connectivity index is 0.000000161. The van der Waals surface area contributed by atoms with Crippen LogP contribution in [0, 0.1) is 40.7 Å². The third-order valence-electron chi connectivity index (χ3n) is 20.5. The summed E-state index contributed by atoms with van der Waals surface area (Å²) in [6, 6.07) is 46.2. The van der Waals surface area contributed by atoms with Gasteiger partial charge in [-0.1, -0.05) is 67.6 Å². The minimum Gasteiger partial charge on any atom is -0.489 e. The van der Waals surface area contributed by atoms with Crippen molar-refractivity contribution >= 4 is 141 Å². The molecule has 0 saturated heterocycles. The summed E-state index contributed by atoms with van der Waals surface area (Å²) in [6.07, 6.45) is 12.5. The maximum absolute atomic E-state index is 14.5. The normalized spacial score (nSPS) is 12.5. The van der Waals surface area contributed by atoms with Crippen LogP contribution in [0.5, 0.6) is 23.0 Å². The van der Waals surface area contributed by atoms with Crippen molar-refractivity contribution in [3.63, 3.8) is 0 Å². The molecule has 134 heavy (non-hydrogen) atoms. The Morgan fingerprint density at radius 3 is 0.918 bits per heavy atom. The lowest BCUT2D eigenvalue weighted by atomic mass is 9.98. The van der Waals surface area contributed by atoms with E-state index < -0.39 is 72.9 Å². The van der Waals surface area contributed by atoms with Crippen molar-refractivity contribution in [1.82, 2.24) is 19.9 Å². The molecule has 4 aromatic heterocycles. The molecule has 4 heterocycles. The molecule has 15 rings (SSSR count). The van der Waals surface area contributed by atoms with Crippen LogP contribution in [-0.2, 0) is 51.0 Å². The number of rotatable bonds is 28. The number of nitrogens with one attached hydrogen (secondary N) is 12. The monoisotopic (exact) mass is 1870 g/mol. The van der Waals surface area contributed by atoms with E-state index in [1.54, 1.807) is 103 Å². The molecule has 0 unspecified atom stereocenters. The van der Waals surface area contributed by atoms with E-state index in [4.69, 9.17) is 30.5 Å². The minimum atomic E-state index is -1.71. The molecule has 28 nitrogen and oxygen atoms in total. The van der Waals surface area contributed by atoms with E-state index in [2.05, 4.69) is 110 Å². The summed E-state index contributed by atoms with van der Waals surface area (Å²) in [6.45, 7) is 14.5. The molecule has 0 spiro atoms. The number of carbonyl (C=O) groups excluding carboxylic acids is 8. The second kappa shape index (κ2) is 44.9. The maximum Gasteiger partial charge on any atom is 0.323 e. The molecule has 3 fully saturated rings. The Hall–Kier alpha value is -15.5. The first kappa shape index (κ1) is 97.6. The van der Waals surface area contributed by atoms with E-state index >= 15 is 0 Å². The van der Waals surface area contributed by atoms with E-state index in [0.717, 1.165) is 101 Å². The van der Waals surface area contributed by atoms with Gasteiger partial charge in [0.05, 0.1) is 58.6 Å². The molecule has 3 saturated carbocycles. The number of hydrogen-bond donors (Lipinski definition) is 12. The van der Waals surface area contributed by atoms with Crippen molar-refractivity contribution in [2.24, 2.45) is 0 Å². The molecular weight excluding hydrogens is 1780 g/mol. The molecule has 3 aliphatic carbocycles. The maximum atomic E-state index is 14.5. The first-order valence-electron chi connectivity index (χ1n) is 42.1. The van der Waals surface area contributed by atoms with Gasteiger partial charge in [0, 0.05) is 76.7 Å². The average molecular weight is 1870 g/mol. The van der Waals surface area contributed by atoms with Crippen LogP contribution in [0.15, 0.2) is 219 Å². The van der Waals surface area contributed by atoms with Gasteiger partial charge in [-0.15, -0.1) is 0 Å². The van der Waals surface area contributed by atoms with Crippen LogP contribution < -0.4 is 87.9 Å². The predicted molar refractivity (Wildman–Crippen MR) is 502 cm³/mol. The number of ether oxygens (including phenoxy) is 4. The van der Waals surface area contributed by atoms with Gasteiger partial charge >= 0.3 is 24.1 Å². The number of amides is 12. The van der Waals surface area contributed by atoms with Gasteiger partial charge in [0.1, 0.15) is 113 Å². The van der Waals surface area contributed by atoms with Crippen molar-refractivity contribution in [3.8, 4) is 23.0 Å². The topological polar surface area (TPSA) is 369 Å². The smallest absolute Gasteiger partial charge is 0.323 e. The van der Waals surface area contributed by atoms with Crippen LogP contribution in [0.2, 0.25) is 24.7 Å². The lowest BCUT2D eigenvalue weighted by molar-refractivity contribution is -0.115. The minimum absolute atomic E-state index is 0.00572. The number of aromatic nitrogens is 4. The van der Waals surface area contributed by atoms with Crippen LogP contribution in [0.25, 0.3) is 0 Å². The summed E-state index contributed by atoms with van der Waals surface area (Å²) in [7, 11) is -1.71.